The van der Waals surface area contributed by atoms with Gasteiger partial charge in [-0.2, -0.15) is 0 Å². The Morgan fingerprint density at radius 3 is 2.53 bits per heavy atom. The first kappa shape index (κ1) is 15.9. The average molecular weight is 283 g/mol. The Kier molecular flexibility index (Phi) is 6.18. The standard InChI is InChI=1S/C14H21NO3S/c1-10-6-5-7-11(2)13(10)15-12(3)14(16)18-8-9-19(4)17/h5-7,12,15H,8-9H2,1-4H3/t12-,19?/m0/s1. The molecule has 1 aromatic carbocycles. The molecule has 1 rings (SSSR count). The summed E-state index contributed by atoms with van der Waals surface area (Å²) in [5.74, 6) is 0.0510. The van der Waals surface area contributed by atoms with Gasteiger partial charge >= 0.3 is 5.97 Å². The number of benzene rings is 1. The second-order valence-electron chi connectivity index (χ2n) is 4.58. The van der Waals surface area contributed by atoms with Crippen LogP contribution >= 0.6 is 0 Å². The zero-order valence-electron chi connectivity index (χ0n) is 11.9. The molecule has 19 heavy (non-hydrogen) atoms. The molecule has 0 fully saturated rings. The molecule has 0 radical (unpaired) electrons. The molecule has 1 unspecified atom stereocenters. The topological polar surface area (TPSA) is 61.4 Å². The van der Waals surface area contributed by atoms with Gasteiger partial charge in [-0.05, 0) is 31.9 Å². The van der Waals surface area contributed by atoms with E-state index in [0.717, 1.165) is 16.8 Å². The number of esters is 1. The van der Waals surface area contributed by atoms with Crippen LogP contribution in [0.5, 0.6) is 0 Å². The number of nitrogens with one attached hydrogen (secondary N) is 1. The van der Waals surface area contributed by atoms with E-state index in [-0.39, 0.29) is 12.6 Å². The third-order valence-corrected chi connectivity index (χ3v) is 3.55. The average Bonchev–Trinajstić information content (AvgIpc) is 2.33. The fourth-order valence-corrected chi connectivity index (χ4v) is 2.02. The highest BCUT2D eigenvalue weighted by Gasteiger charge is 2.16. The number of ether oxygens (including phenoxy) is 1. The summed E-state index contributed by atoms with van der Waals surface area (Å²) in [5, 5.41) is 3.17. The van der Waals surface area contributed by atoms with Gasteiger partial charge in [0, 0.05) is 5.69 Å². The second-order valence-corrected chi connectivity index (χ2v) is 6.13. The SMILES string of the molecule is Cc1cccc(C)c1N[C@@H](C)C(=O)OCC[S+](C)[O-]. The predicted octanol–water partition coefficient (Wildman–Crippen LogP) is 2.03. The highest BCUT2D eigenvalue weighted by Crippen LogP contribution is 2.20. The summed E-state index contributed by atoms with van der Waals surface area (Å²) in [6, 6.07) is 5.54. The van der Waals surface area contributed by atoms with E-state index in [1.807, 2.05) is 32.0 Å². The largest absolute Gasteiger partial charge is 0.616 e. The van der Waals surface area contributed by atoms with Crippen molar-refractivity contribution in [2.24, 2.45) is 0 Å². The number of hydrogen-bond acceptors (Lipinski definition) is 4. The van der Waals surface area contributed by atoms with Crippen LogP contribution in [0.1, 0.15) is 18.1 Å². The Labute approximate surface area is 117 Å². The van der Waals surface area contributed by atoms with E-state index in [2.05, 4.69) is 5.32 Å². The van der Waals surface area contributed by atoms with Crippen LogP contribution in [0.15, 0.2) is 18.2 Å². The van der Waals surface area contributed by atoms with Crippen molar-refractivity contribution in [1.82, 2.24) is 0 Å². The minimum absolute atomic E-state index is 0.195. The molecule has 2 atom stereocenters. The number of rotatable bonds is 6. The first-order valence-corrected chi connectivity index (χ1v) is 7.94. The molecule has 0 aliphatic carbocycles. The molecule has 0 aliphatic rings. The highest BCUT2D eigenvalue weighted by molar-refractivity contribution is 7.90. The van der Waals surface area contributed by atoms with Gasteiger partial charge in [-0.3, -0.25) is 0 Å². The van der Waals surface area contributed by atoms with E-state index in [0.29, 0.717) is 5.75 Å². The minimum Gasteiger partial charge on any atom is -0.616 e. The maximum absolute atomic E-state index is 11.8. The normalized spacial score (nSPS) is 13.7. The maximum Gasteiger partial charge on any atom is 0.328 e. The number of anilines is 1. The van der Waals surface area contributed by atoms with Crippen LogP contribution in [0.3, 0.4) is 0 Å². The summed E-state index contributed by atoms with van der Waals surface area (Å²) in [7, 11) is 0. The molecule has 0 amide bonds. The first-order chi connectivity index (χ1) is 8.91. The lowest BCUT2D eigenvalue weighted by molar-refractivity contribution is -0.143. The van der Waals surface area contributed by atoms with Gasteiger partial charge in [0.25, 0.3) is 0 Å². The van der Waals surface area contributed by atoms with Crippen LogP contribution in [-0.4, -0.2) is 35.2 Å². The Hall–Kier alpha value is -1.20. The Morgan fingerprint density at radius 2 is 2.00 bits per heavy atom. The minimum atomic E-state index is -0.938. The quantitative estimate of drug-likeness (QED) is 0.641. The van der Waals surface area contributed by atoms with Gasteiger partial charge in [-0.1, -0.05) is 29.4 Å². The number of para-hydroxylation sites is 1. The van der Waals surface area contributed by atoms with Gasteiger partial charge in [0.15, 0.2) is 0 Å². The summed E-state index contributed by atoms with van der Waals surface area (Å²) in [5.41, 5.74) is 3.15. The van der Waals surface area contributed by atoms with Crippen molar-refractivity contribution in [2.75, 3.05) is 23.9 Å². The van der Waals surface area contributed by atoms with E-state index < -0.39 is 17.2 Å². The van der Waals surface area contributed by atoms with Crippen LogP contribution in [0, 0.1) is 13.8 Å². The lowest BCUT2D eigenvalue weighted by Crippen LogP contribution is -2.30. The van der Waals surface area contributed by atoms with E-state index in [1.165, 1.54) is 0 Å². The molecule has 0 bridgehead atoms. The summed E-state index contributed by atoms with van der Waals surface area (Å²) < 4.78 is 16.0. The van der Waals surface area contributed by atoms with Gasteiger partial charge in [0.1, 0.15) is 18.4 Å². The lowest BCUT2D eigenvalue weighted by atomic mass is 10.1. The molecular weight excluding hydrogens is 262 g/mol. The fraction of sp³-hybridized carbons (Fsp3) is 0.500. The molecule has 0 aliphatic heterocycles. The maximum atomic E-state index is 11.8. The van der Waals surface area contributed by atoms with Crippen LogP contribution in [0.25, 0.3) is 0 Å². The Morgan fingerprint density at radius 1 is 1.42 bits per heavy atom. The van der Waals surface area contributed by atoms with Gasteiger partial charge < -0.3 is 14.6 Å². The molecule has 1 aromatic rings. The zero-order chi connectivity index (χ0) is 14.4. The fourth-order valence-electron chi connectivity index (χ4n) is 1.70. The van der Waals surface area contributed by atoms with Crippen molar-refractivity contribution in [1.29, 1.82) is 0 Å². The molecule has 4 nitrogen and oxygen atoms in total. The van der Waals surface area contributed by atoms with Crippen LogP contribution in [-0.2, 0) is 20.7 Å². The molecule has 0 heterocycles. The molecule has 0 saturated heterocycles. The van der Waals surface area contributed by atoms with Gasteiger partial charge in [-0.15, -0.1) is 0 Å². The van der Waals surface area contributed by atoms with Crippen molar-refractivity contribution in [2.45, 2.75) is 26.8 Å². The number of aryl methyl sites for hydroxylation is 2. The van der Waals surface area contributed by atoms with E-state index in [9.17, 15) is 9.35 Å². The molecular formula is C14H21NO3S. The Bertz CT molecular complexity index is 414. The van der Waals surface area contributed by atoms with Crippen LogP contribution in [0.4, 0.5) is 5.69 Å². The number of hydrogen-bond donors (Lipinski definition) is 1. The summed E-state index contributed by atoms with van der Waals surface area (Å²) >= 11 is -0.938. The molecule has 0 aromatic heterocycles. The van der Waals surface area contributed by atoms with Crippen molar-refractivity contribution in [3.05, 3.63) is 29.3 Å². The summed E-state index contributed by atoms with van der Waals surface area (Å²) in [6.45, 7) is 5.94. The molecule has 5 heteroatoms. The summed E-state index contributed by atoms with van der Waals surface area (Å²) in [6.07, 6.45) is 1.59. The van der Waals surface area contributed by atoms with Crippen LogP contribution < -0.4 is 5.32 Å². The van der Waals surface area contributed by atoms with Crippen molar-refractivity contribution in [3.63, 3.8) is 0 Å². The van der Waals surface area contributed by atoms with Crippen molar-refractivity contribution in [3.8, 4) is 0 Å². The zero-order valence-corrected chi connectivity index (χ0v) is 12.7. The summed E-state index contributed by atoms with van der Waals surface area (Å²) in [4.78, 5) is 11.8. The monoisotopic (exact) mass is 283 g/mol. The van der Waals surface area contributed by atoms with E-state index >= 15 is 0 Å². The first-order valence-electron chi connectivity index (χ1n) is 6.21. The lowest BCUT2D eigenvalue weighted by Gasteiger charge is -2.18. The number of carbonyl (C=O) groups is 1. The highest BCUT2D eigenvalue weighted by atomic mass is 32.2. The number of carbonyl (C=O) groups excluding carboxylic acids is 1. The van der Waals surface area contributed by atoms with Crippen molar-refractivity contribution >= 4 is 22.8 Å². The van der Waals surface area contributed by atoms with Gasteiger partial charge in [-0.25, -0.2) is 4.79 Å². The third kappa shape index (κ3) is 5.12. The third-order valence-electron chi connectivity index (χ3n) is 2.81. The molecule has 106 valence electrons. The predicted molar refractivity (Wildman–Crippen MR) is 78.9 cm³/mol. The van der Waals surface area contributed by atoms with E-state index in [1.54, 1.807) is 13.2 Å². The van der Waals surface area contributed by atoms with Crippen molar-refractivity contribution < 1.29 is 14.1 Å². The van der Waals surface area contributed by atoms with Crippen LogP contribution in [0.2, 0.25) is 0 Å². The van der Waals surface area contributed by atoms with Gasteiger partial charge in [0.05, 0.1) is 6.26 Å². The van der Waals surface area contributed by atoms with Gasteiger partial charge in [0.2, 0.25) is 0 Å². The molecule has 0 spiro atoms. The molecule has 1 N–H and O–H groups in total. The Balaban J connectivity index is 2.54. The molecule has 0 saturated carbocycles. The smallest absolute Gasteiger partial charge is 0.328 e. The van der Waals surface area contributed by atoms with E-state index in [4.69, 9.17) is 4.74 Å². The second kappa shape index (κ2) is 7.40.